The zero-order valence-corrected chi connectivity index (χ0v) is 31.8. The van der Waals surface area contributed by atoms with Crippen LogP contribution in [0, 0.1) is 0 Å². The molecule has 0 aliphatic carbocycles. The molecule has 14 heteroatoms. The summed E-state index contributed by atoms with van der Waals surface area (Å²) in [6.45, 7) is 7.98. The maximum atomic E-state index is 10.9. The fourth-order valence-electron chi connectivity index (χ4n) is 4.55. The Morgan fingerprint density at radius 2 is 1.20 bits per heavy atom. The molecule has 1 unspecified atom stereocenters. The maximum absolute atomic E-state index is 10.9. The van der Waals surface area contributed by atoms with Crippen molar-refractivity contribution in [1.29, 1.82) is 0 Å². The Morgan fingerprint density at radius 3 is 1.73 bits per heavy atom. The van der Waals surface area contributed by atoms with E-state index in [9.17, 15) is 4.80 Å². The third-order valence-electron chi connectivity index (χ3n) is 6.63. The molecule has 1 aliphatic heterocycles. The summed E-state index contributed by atoms with van der Waals surface area (Å²) >= 11 is 0. The first-order chi connectivity index (χ1) is 21.4. The van der Waals surface area contributed by atoms with Crippen molar-refractivity contribution in [2.24, 2.45) is 0 Å². The van der Waals surface area contributed by atoms with Gasteiger partial charge in [-0.15, -0.1) is 0 Å². The normalized spacial score (nSPS) is 18.4. The van der Waals surface area contributed by atoms with Crippen LogP contribution in [0.3, 0.4) is 0 Å². The van der Waals surface area contributed by atoms with E-state index in [2.05, 4.69) is 13.1 Å². The van der Waals surface area contributed by atoms with Gasteiger partial charge in [0.2, 0.25) is 25.2 Å². The molecular weight excluding hydrogens is 657 g/mol. The van der Waals surface area contributed by atoms with Crippen LogP contribution in [-0.4, -0.2) is 76.9 Å². The minimum absolute atomic E-state index is 0.536. The SMILES string of the molecule is C[Si](CCCOc1ccccc1)O[Si]1(CCCOc2ccccc2)O[Si](CCCOc2ccccc2)O[Si](C)[Si]([Si](C)O)O1. The Balaban J connectivity index is 1.41. The Bertz CT molecular complexity index is 1190. The molecule has 1 aliphatic rings. The van der Waals surface area contributed by atoms with Crippen molar-refractivity contribution >= 4 is 52.3 Å². The van der Waals surface area contributed by atoms with Gasteiger partial charge in [-0.2, -0.15) is 0 Å². The van der Waals surface area contributed by atoms with Crippen molar-refractivity contribution < 1.29 is 35.5 Å². The van der Waals surface area contributed by atoms with E-state index in [4.69, 9.17) is 30.7 Å². The summed E-state index contributed by atoms with van der Waals surface area (Å²) in [5.41, 5.74) is 0. The number of hydrogen-bond acceptors (Lipinski definition) is 8. The number of rotatable bonds is 18. The van der Waals surface area contributed by atoms with Crippen LogP contribution in [0.25, 0.3) is 0 Å². The zero-order valence-electron chi connectivity index (χ0n) is 25.8. The predicted octanol–water partition coefficient (Wildman–Crippen LogP) is 5.91. The Morgan fingerprint density at radius 1 is 0.705 bits per heavy atom. The quantitative estimate of drug-likeness (QED) is 0.130. The van der Waals surface area contributed by atoms with Gasteiger partial charge in [-0.3, -0.25) is 0 Å². The third kappa shape index (κ3) is 12.2. The predicted molar refractivity (Wildman–Crippen MR) is 183 cm³/mol. The van der Waals surface area contributed by atoms with E-state index in [1.54, 1.807) is 0 Å². The molecule has 5 radical (unpaired) electrons. The molecule has 0 aromatic heterocycles. The van der Waals surface area contributed by atoms with Crippen molar-refractivity contribution in [3.05, 3.63) is 91.0 Å². The van der Waals surface area contributed by atoms with Gasteiger partial charge in [0.1, 0.15) is 17.2 Å². The molecule has 1 N–H and O–H groups in total. The molecule has 0 spiro atoms. The van der Waals surface area contributed by atoms with Gasteiger partial charge in [0.15, 0.2) is 9.04 Å². The van der Waals surface area contributed by atoms with Crippen molar-refractivity contribution in [2.45, 2.75) is 57.0 Å². The van der Waals surface area contributed by atoms with E-state index < -0.39 is 52.3 Å². The standard InChI is InChI=1S/C30H43O8Si6/c1-39(25-13-22-32-28-16-7-4-8-17-28)36-44(27-15-24-34-30-20-11-6-12-21-30)37-42(35-41(3)43(38-44)40(2)31)26-14-23-33-29-18-9-5-10-19-29/h4-12,16-21,31H,13-15,22-27H2,1-3H3. The summed E-state index contributed by atoms with van der Waals surface area (Å²) in [6.07, 6.45) is 2.43. The molecule has 44 heavy (non-hydrogen) atoms. The van der Waals surface area contributed by atoms with E-state index in [-0.39, 0.29) is 0 Å². The van der Waals surface area contributed by atoms with Crippen molar-refractivity contribution in [3.63, 3.8) is 0 Å². The first kappa shape index (κ1) is 35.0. The molecule has 235 valence electrons. The highest BCUT2D eigenvalue weighted by Gasteiger charge is 2.53. The molecule has 0 amide bonds. The van der Waals surface area contributed by atoms with Crippen molar-refractivity contribution in [3.8, 4) is 17.2 Å². The van der Waals surface area contributed by atoms with Crippen LogP contribution < -0.4 is 14.2 Å². The van der Waals surface area contributed by atoms with Crippen molar-refractivity contribution in [2.75, 3.05) is 19.8 Å². The van der Waals surface area contributed by atoms with Crippen LogP contribution >= 0.6 is 0 Å². The lowest BCUT2D eigenvalue weighted by molar-refractivity contribution is 0.240. The van der Waals surface area contributed by atoms with Gasteiger partial charge < -0.3 is 35.5 Å². The maximum Gasteiger partial charge on any atom is 0.470 e. The molecule has 1 fully saturated rings. The van der Waals surface area contributed by atoms with Gasteiger partial charge in [-0.1, -0.05) is 54.6 Å². The summed E-state index contributed by atoms with van der Waals surface area (Å²) in [5.74, 6) is 2.58. The van der Waals surface area contributed by atoms with Crippen LogP contribution in [0.2, 0.25) is 37.8 Å². The largest absolute Gasteiger partial charge is 0.494 e. The molecule has 3 aromatic rings. The zero-order chi connectivity index (χ0) is 31.0. The number of para-hydroxylation sites is 3. The van der Waals surface area contributed by atoms with Gasteiger partial charge in [0, 0.05) is 6.04 Å². The van der Waals surface area contributed by atoms with Crippen molar-refractivity contribution in [1.82, 2.24) is 0 Å². The van der Waals surface area contributed by atoms with E-state index >= 15 is 0 Å². The van der Waals surface area contributed by atoms with Gasteiger partial charge >= 0.3 is 18.1 Å². The highest BCUT2D eigenvalue weighted by molar-refractivity contribution is 7.46. The molecule has 0 saturated carbocycles. The number of hydrogen-bond donors (Lipinski definition) is 1. The van der Waals surface area contributed by atoms with Gasteiger partial charge in [0.05, 0.1) is 19.8 Å². The summed E-state index contributed by atoms with van der Waals surface area (Å²) in [4.78, 5) is 10.9. The minimum atomic E-state index is -3.17. The van der Waals surface area contributed by atoms with Gasteiger partial charge in [-0.05, 0) is 87.4 Å². The van der Waals surface area contributed by atoms with Crippen LogP contribution in [0.5, 0.6) is 17.2 Å². The Labute approximate surface area is 271 Å². The summed E-state index contributed by atoms with van der Waals surface area (Å²) in [5, 5.41) is 0. The van der Waals surface area contributed by atoms with E-state index in [0.29, 0.717) is 25.9 Å². The summed E-state index contributed by atoms with van der Waals surface area (Å²) in [6, 6.07) is 31.9. The monoisotopic (exact) mass is 699 g/mol. The van der Waals surface area contributed by atoms with Crippen LogP contribution in [0.1, 0.15) is 19.3 Å². The molecule has 1 saturated heterocycles. The topological polar surface area (TPSA) is 84.8 Å². The molecule has 8 nitrogen and oxygen atoms in total. The molecular formula is C30H43O8Si6. The van der Waals surface area contributed by atoms with Crippen LogP contribution in [-0.2, 0) is 16.5 Å². The molecule has 1 heterocycles. The van der Waals surface area contributed by atoms with E-state index in [1.807, 2.05) is 97.5 Å². The Kier molecular flexibility index (Phi) is 15.1. The highest BCUT2D eigenvalue weighted by atomic mass is 29.6. The third-order valence-corrected chi connectivity index (χ3v) is 32.8. The number of benzene rings is 3. The fraction of sp³-hybridized carbons (Fsp3) is 0.400. The first-order valence-corrected chi connectivity index (χ1v) is 28.0. The van der Waals surface area contributed by atoms with Gasteiger partial charge in [0.25, 0.3) is 0 Å². The highest BCUT2D eigenvalue weighted by Crippen LogP contribution is 2.29. The molecule has 1 atom stereocenters. The second-order valence-electron chi connectivity index (χ2n) is 10.4. The number of ether oxygens (including phenoxy) is 3. The smallest absolute Gasteiger partial charge is 0.470 e. The lowest BCUT2D eigenvalue weighted by Crippen LogP contribution is -2.58. The summed E-state index contributed by atoms with van der Waals surface area (Å²) < 4.78 is 45.3. The molecule has 4 rings (SSSR count). The molecule has 3 aromatic carbocycles. The van der Waals surface area contributed by atoms with Crippen LogP contribution in [0.4, 0.5) is 0 Å². The second-order valence-corrected chi connectivity index (χ2v) is 30.2. The average Bonchev–Trinajstić information content (AvgIpc) is 3.17. The van der Waals surface area contributed by atoms with Gasteiger partial charge in [-0.25, -0.2) is 0 Å². The first-order valence-electron chi connectivity index (χ1n) is 15.1. The van der Waals surface area contributed by atoms with Crippen LogP contribution in [0.15, 0.2) is 91.0 Å². The van der Waals surface area contributed by atoms with E-state index in [1.165, 1.54) is 0 Å². The summed E-state index contributed by atoms with van der Waals surface area (Å²) in [7, 11) is -10.8. The average molecular weight is 700 g/mol. The minimum Gasteiger partial charge on any atom is -0.494 e. The lowest BCUT2D eigenvalue weighted by Gasteiger charge is -2.34. The Hall–Kier alpha value is -1.84. The lowest BCUT2D eigenvalue weighted by atomic mass is 10.3. The molecule has 0 bridgehead atoms. The van der Waals surface area contributed by atoms with E-state index in [0.717, 1.165) is 48.6 Å². The second kappa shape index (κ2) is 19.0. The fourth-order valence-corrected chi connectivity index (χ4v) is 33.8.